The van der Waals surface area contributed by atoms with Crippen molar-refractivity contribution in [1.29, 1.82) is 0 Å². The van der Waals surface area contributed by atoms with Crippen LogP contribution in [0.15, 0.2) is 5.16 Å². The Morgan fingerprint density at radius 1 is 1.44 bits per heavy atom. The first kappa shape index (κ1) is 15.0. The first-order valence-electron chi connectivity index (χ1n) is 5.68. The molecule has 1 rings (SSSR count). The average molecular weight is 269 g/mol. The molecule has 106 valence electrons. The van der Waals surface area contributed by atoms with Crippen molar-refractivity contribution in [2.45, 2.75) is 26.1 Å². The van der Waals surface area contributed by atoms with Gasteiger partial charge in [0.15, 0.2) is 0 Å². The van der Waals surface area contributed by atoms with Crippen molar-refractivity contribution in [3.05, 3.63) is 0 Å². The molecule has 0 aromatic carbocycles. The van der Waals surface area contributed by atoms with Crippen LogP contribution in [0, 0.1) is 5.41 Å². The van der Waals surface area contributed by atoms with Crippen LogP contribution in [0.25, 0.3) is 0 Å². The lowest BCUT2D eigenvalue weighted by Gasteiger charge is -2.38. The highest BCUT2D eigenvalue weighted by Crippen LogP contribution is 2.30. The van der Waals surface area contributed by atoms with Gasteiger partial charge < -0.3 is 15.8 Å². The summed E-state index contributed by atoms with van der Waals surface area (Å²) in [6.45, 7) is 2.95. The third-order valence-electron chi connectivity index (χ3n) is 3.36. The van der Waals surface area contributed by atoms with Crippen molar-refractivity contribution >= 4 is 5.84 Å². The van der Waals surface area contributed by atoms with Gasteiger partial charge in [-0.15, -0.1) is 13.2 Å². The van der Waals surface area contributed by atoms with Crippen LogP contribution in [0.3, 0.4) is 0 Å². The molecule has 0 bridgehead atoms. The van der Waals surface area contributed by atoms with Gasteiger partial charge in [-0.1, -0.05) is 12.1 Å². The number of hydrogen-bond donors (Lipinski definition) is 2. The maximum absolute atomic E-state index is 11.8. The third-order valence-corrected chi connectivity index (χ3v) is 3.36. The molecule has 0 unspecified atom stereocenters. The van der Waals surface area contributed by atoms with E-state index in [-0.39, 0.29) is 24.4 Å². The van der Waals surface area contributed by atoms with Crippen molar-refractivity contribution < 1.29 is 23.1 Å². The molecule has 0 aromatic heterocycles. The zero-order valence-electron chi connectivity index (χ0n) is 10.2. The normalized spacial score (nSPS) is 22.1. The maximum atomic E-state index is 11.8. The summed E-state index contributed by atoms with van der Waals surface area (Å²) in [5, 5.41) is 11.7. The van der Waals surface area contributed by atoms with Crippen molar-refractivity contribution in [2.24, 2.45) is 16.3 Å². The molecule has 5 nitrogen and oxygen atoms in total. The zero-order chi connectivity index (χ0) is 13.8. The van der Waals surface area contributed by atoms with Crippen LogP contribution in [0.1, 0.15) is 19.8 Å². The summed E-state index contributed by atoms with van der Waals surface area (Å²) in [6.07, 6.45) is -3.28. The molecule has 0 amide bonds. The lowest BCUT2D eigenvalue weighted by molar-refractivity contribution is -0.325. The smallest absolute Gasteiger partial charge is 0.409 e. The molecule has 0 atom stereocenters. The maximum Gasteiger partial charge on any atom is 0.522 e. The molecule has 0 aromatic rings. The summed E-state index contributed by atoms with van der Waals surface area (Å²) in [4.78, 5) is 1.87. The van der Waals surface area contributed by atoms with Gasteiger partial charge in [0.2, 0.25) is 0 Å². The Hall–Kier alpha value is -1.02. The number of ether oxygens (including phenoxy) is 1. The van der Waals surface area contributed by atoms with Gasteiger partial charge in [0, 0.05) is 12.0 Å². The number of amidine groups is 1. The number of nitrogens with zero attached hydrogens (tertiary/aromatic N) is 2. The standard InChI is InChI=1S/C10H18F3N3O2/c1-9(8(14)15-17)2-4-16(5-3-9)6-7-18-10(11,12)13/h17H,2-7H2,1H3,(H2,14,15). The Kier molecular flexibility index (Phi) is 4.80. The van der Waals surface area contributed by atoms with E-state index in [1.807, 2.05) is 11.8 Å². The predicted molar refractivity (Wildman–Crippen MR) is 59.2 cm³/mol. The van der Waals surface area contributed by atoms with E-state index >= 15 is 0 Å². The van der Waals surface area contributed by atoms with Crippen molar-refractivity contribution in [3.8, 4) is 0 Å². The highest BCUT2D eigenvalue weighted by molar-refractivity contribution is 5.85. The van der Waals surface area contributed by atoms with Gasteiger partial charge in [-0.25, -0.2) is 0 Å². The second kappa shape index (κ2) is 5.75. The molecular formula is C10H18F3N3O2. The molecule has 0 radical (unpaired) electrons. The van der Waals surface area contributed by atoms with Gasteiger partial charge in [0.25, 0.3) is 0 Å². The van der Waals surface area contributed by atoms with E-state index in [0.717, 1.165) is 0 Å². The quantitative estimate of drug-likeness (QED) is 0.350. The molecule has 1 aliphatic heterocycles. The number of piperidine rings is 1. The minimum Gasteiger partial charge on any atom is -0.409 e. The first-order chi connectivity index (χ1) is 8.27. The van der Waals surface area contributed by atoms with Crippen LogP contribution in [0.4, 0.5) is 13.2 Å². The number of alkyl halides is 3. The minimum atomic E-state index is -4.57. The molecule has 3 N–H and O–H groups in total. The van der Waals surface area contributed by atoms with E-state index in [0.29, 0.717) is 25.9 Å². The van der Waals surface area contributed by atoms with E-state index in [9.17, 15) is 13.2 Å². The van der Waals surface area contributed by atoms with Crippen LogP contribution < -0.4 is 5.73 Å². The molecule has 1 saturated heterocycles. The summed E-state index contributed by atoms with van der Waals surface area (Å²) in [7, 11) is 0. The largest absolute Gasteiger partial charge is 0.522 e. The highest BCUT2D eigenvalue weighted by Gasteiger charge is 2.34. The van der Waals surface area contributed by atoms with Crippen LogP contribution in [-0.4, -0.2) is 48.5 Å². The van der Waals surface area contributed by atoms with E-state index in [1.165, 1.54) is 0 Å². The Morgan fingerprint density at radius 3 is 2.44 bits per heavy atom. The van der Waals surface area contributed by atoms with E-state index < -0.39 is 6.36 Å². The SMILES string of the molecule is CC1(C(N)=NO)CCN(CCOC(F)(F)F)CC1. The molecule has 1 aliphatic rings. The van der Waals surface area contributed by atoms with Crippen LogP contribution in [0.2, 0.25) is 0 Å². The molecule has 8 heteroatoms. The summed E-state index contributed by atoms with van der Waals surface area (Å²) in [5.74, 6) is 0.175. The fourth-order valence-electron chi connectivity index (χ4n) is 1.94. The van der Waals surface area contributed by atoms with Gasteiger partial charge >= 0.3 is 6.36 Å². The van der Waals surface area contributed by atoms with Crippen molar-refractivity contribution in [2.75, 3.05) is 26.2 Å². The number of likely N-dealkylation sites (tertiary alicyclic amines) is 1. The van der Waals surface area contributed by atoms with E-state index in [2.05, 4.69) is 9.89 Å². The Bertz CT molecular complexity index is 299. The number of nitrogens with two attached hydrogens (primary N) is 1. The molecule has 1 heterocycles. The lowest BCUT2D eigenvalue weighted by Crippen LogP contribution is -2.46. The summed E-state index contributed by atoms with van der Waals surface area (Å²) < 4.78 is 39.1. The van der Waals surface area contributed by atoms with Crippen molar-refractivity contribution in [3.63, 3.8) is 0 Å². The molecule has 18 heavy (non-hydrogen) atoms. The summed E-state index contributed by atoms with van der Waals surface area (Å²) in [6, 6.07) is 0. The second-order valence-corrected chi connectivity index (χ2v) is 4.68. The minimum absolute atomic E-state index is 0.175. The summed E-state index contributed by atoms with van der Waals surface area (Å²) in [5.41, 5.74) is 5.21. The number of hydrogen-bond acceptors (Lipinski definition) is 4. The monoisotopic (exact) mass is 269 g/mol. The molecule has 0 saturated carbocycles. The van der Waals surface area contributed by atoms with Gasteiger partial charge in [0.1, 0.15) is 5.84 Å². The van der Waals surface area contributed by atoms with E-state index in [1.54, 1.807) is 0 Å². The highest BCUT2D eigenvalue weighted by atomic mass is 19.4. The predicted octanol–water partition coefficient (Wildman–Crippen LogP) is 1.37. The van der Waals surface area contributed by atoms with Gasteiger partial charge in [0.05, 0.1) is 6.61 Å². The molecular weight excluding hydrogens is 251 g/mol. The number of oxime groups is 1. The Morgan fingerprint density at radius 2 is 2.00 bits per heavy atom. The Labute approximate surface area is 103 Å². The topological polar surface area (TPSA) is 71.1 Å². The molecule has 0 aliphatic carbocycles. The number of rotatable bonds is 4. The third kappa shape index (κ3) is 4.34. The second-order valence-electron chi connectivity index (χ2n) is 4.68. The summed E-state index contributed by atoms with van der Waals surface area (Å²) >= 11 is 0. The van der Waals surface area contributed by atoms with Gasteiger partial charge in [-0.2, -0.15) is 0 Å². The van der Waals surface area contributed by atoms with E-state index in [4.69, 9.17) is 10.9 Å². The average Bonchev–Trinajstić information content (AvgIpc) is 2.29. The molecule has 0 spiro atoms. The Balaban J connectivity index is 2.32. The lowest BCUT2D eigenvalue weighted by atomic mass is 9.79. The van der Waals surface area contributed by atoms with Crippen LogP contribution in [0.5, 0.6) is 0 Å². The van der Waals surface area contributed by atoms with Gasteiger partial charge in [-0.3, -0.25) is 4.74 Å². The van der Waals surface area contributed by atoms with Crippen LogP contribution >= 0.6 is 0 Å². The number of halogens is 3. The van der Waals surface area contributed by atoms with Crippen molar-refractivity contribution in [1.82, 2.24) is 4.90 Å². The molecule has 1 fully saturated rings. The van der Waals surface area contributed by atoms with Crippen LogP contribution in [-0.2, 0) is 4.74 Å². The fourth-order valence-corrected chi connectivity index (χ4v) is 1.94. The first-order valence-corrected chi connectivity index (χ1v) is 5.68. The fraction of sp³-hybridized carbons (Fsp3) is 0.900. The zero-order valence-corrected chi connectivity index (χ0v) is 10.2. The van der Waals surface area contributed by atoms with Gasteiger partial charge in [-0.05, 0) is 25.9 Å².